The van der Waals surface area contributed by atoms with Crippen LogP contribution in [0.2, 0.25) is 0 Å². The third kappa shape index (κ3) is 4.33. The van der Waals surface area contributed by atoms with Gasteiger partial charge in [-0.15, -0.1) is 11.3 Å². The van der Waals surface area contributed by atoms with Gasteiger partial charge in [0.15, 0.2) is 0 Å². The maximum absolute atomic E-state index is 2.43. The number of rotatable bonds is 4. The monoisotopic (exact) mass is 712 g/mol. The molecule has 1 aromatic heterocycles. The predicted octanol–water partition coefficient (Wildman–Crippen LogP) is 15.8. The van der Waals surface area contributed by atoms with Crippen molar-refractivity contribution in [2.24, 2.45) is 0 Å². The molecule has 0 N–H and O–H groups in total. The zero-order valence-electron chi connectivity index (χ0n) is 29.9. The highest BCUT2D eigenvalue weighted by molar-refractivity contribution is 7.26. The quantitative estimate of drug-likeness (QED) is 0.170. The van der Waals surface area contributed by atoms with Crippen molar-refractivity contribution in [3.63, 3.8) is 0 Å². The molecule has 10 aromatic carbocycles. The molecule has 0 bridgehead atoms. The van der Waals surface area contributed by atoms with Crippen LogP contribution in [0, 0.1) is 0 Å². The Labute approximate surface area is 323 Å². The summed E-state index contributed by atoms with van der Waals surface area (Å²) in [5.41, 5.74) is 15.6. The van der Waals surface area contributed by atoms with Gasteiger partial charge < -0.3 is 0 Å². The molecule has 11 aromatic rings. The minimum atomic E-state index is 1.24. The van der Waals surface area contributed by atoms with E-state index in [1.165, 1.54) is 119 Å². The summed E-state index contributed by atoms with van der Waals surface area (Å²) in [5.74, 6) is 0. The molecule has 0 unspecified atom stereocenters. The molecule has 0 saturated carbocycles. The normalized spacial score (nSPS) is 12.0. The van der Waals surface area contributed by atoms with Crippen molar-refractivity contribution in [3.8, 4) is 66.8 Å². The lowest BCUT2D eigenvalue weighted by Crippen LogP contribution is -1.93. The Morgan fingerprint density at radius 1 is 0.236 bits per heavy atom. The van der Waals surface area contributed by atoms with Gasteiger partial charge in [-0.3, -0.25) is 0 Å². The van der Waals surface area contributed by atoms with E-state index in [2.05, 4.69) is 194 Å². The highest BCUT2D eigenvalue weighted by Gasteiger charge is 2.32. The first-order valence-electron chi connectivity index (χ1n) is 19.0. The largest absolute Gasteiger partial charge is 0.134 e. The molecule has 0 radical (unpaired) electrons. The van der Waals surface area contributed by atoms with Crippen LogP contribution in [-0.4, -0.2) is 0 Å². The molecule has 0 atom stereocenters. The van der Waals surface area contributed by atoms with Gasteiger partial charge in [-0.05, 0) is 99.6 Å². The van der Waals surface area contributed by atoms with Crippen molar-refractivity contribution < 1.29 is 0 Å². The first kappa shape index (κ1) is 30.6. The molecule has 12 rings (SSSR count). The van der Waals surface area contributed by atoms with Crippen LogP contribution in [0.5, 0.6) is 0 Å². The zero-order chi connectivity index (χ0) is 36.0. The molecular formula is C54H32S. The Balaban J connectivity index is 1.25. The number of thiophene rings is 1. The Bertz CT molecular complexity index is 3240. The van der Waals surface area contributed by atoms with E-state index in [-0.39, 0.29) is 0 Å². The van der Waals surface area contributed by atoms with E-state index in [1.54, 1.807) is 0 Å². The van der Waals surface area contributed by atoms with Crippen molar-refractivity contribution in [1.82, 2.24) is 0 Å². The summed E-state index contributed by atoms with van der Waals surface area (Å²) >= 11 is 1.93. The Morgan fingerprint density at radius 2 is 0.655 bits per heavy atom. The van der Waals surface area contributed by atoms with Gasteiger partial charge in [0.25, 0.3) is 0 Å². The lowest BCUT2D eigenvalue weighted by Gasteiger charge is -2.20. The molecule has 0 fully saturated rings. The van der Waals surface area contributed by atoms with Crippen LogP contribution in [0.1, 0.15) is 0 Å². The molecule has 55 heavy (non-hydrogen) atoms. The molecule has 1 heterocycles. The van der Waals surface area contributed by atoms with E-state index in [1.807, 2.05) is 11.3 Å². The van der Waals surface area contributed by atoms with Crippen molar-refractivity contribution in [1.29, 1.82) is 0 Å². The Kier molecular flexibility index (Phi) is 6.60. The fourth-order valence-corrected chi connectivity index (χ4v) is 10.9. The zero-order valence-corrected chi connectivity index (χ0v) is 30.7. The summed E-state index contributed by atoms with van der Waals surface area (Å²) in [4.78, 5) is 0. The summed E-state index contributed by atoms with van der Waals surface area (Å²) in [5, 5.41) is 10.4. The van der Waals surface area contributed by atoms with Gasteiger partial charge in [0.1, 0.15) is 0 Å². The second-order valence-electron chi connectivity index (χ2n) is 14.6. The topological polar surface area (TPSA) is 0 Å². The second kappa shape index (κ2) is 11.9. The molecule has 1 aliphatic rings. The number of hydrogen-bond donors (Lipinski definition) is 0. The highest BCUT2D eigenvalue weighted by atomic mass is 32.1. The molecule has 254 valence electrons. The molecule has 0 nitrogen and oxygen atoms in total. The lowest BCUT2D eigenvalue weighted by atomic mass is 9.82. The van der Waals surface area contributed by atoms with E-state index in [0.717, 1.165) is 0 Å². The molecule has 0 spiro atoms. The summed E-state index contributed by atoms with van der Waals surface area (Å²) in [6.45, 7) is 0. The SMILES string of the molecule is c1ccc(-c2c3c(c(-c4ccccc4)c4ccccc24)-c2ccc(-c4c5ccccc5c(-c5ccccc5)c5c4sc4ccccc45)c4cccc-3c24)cc1. The van der Waals surface area contributed by atoms with Crippen molar-refractivity contribution in [3.05, 3.63) is 194 Å². The minimum absolute atomic E-state index is 1.24. The van der Waals surface area contributed by atoms with Crippen LogP contribution in [-0.2, 0) is 0 Å². The van der Waals surface area contributed by atoms with E-state index in [0.29, 0.717) is 0 Å². The average Bonchev–Trinajstić information content (AvgIpc) is 3.80. The van der Waals surface area contributed by atoms with Gasteiger partial charge in [-0.1, -0.05) is 188 Å². The highest BCUT2D eigenvalue weighted by Crippen LogP contribution is 2.59. The molecule has 0 aliphatic heterocycles. The molecule has 1 heteroatoms. The average molecular weight is 713 g/mol. The van der Waals surface area contributed by atoms with Crippen LogP contribution in [0.25, 0.3) is 119 Å². The Hall–Kier alpha value is -6.80. The van der Waals surface area contributed by atoms with Crippen LogP contribution >= 0.6 is 11.3 Å². The standard InChI is InChI=1S/C54H32S/c1-4-17-33(18-5-1)46-36-23-10-11-24-37(36)47(34-19-6-2-7-20-34)52-44-32-31-41(39-28-16-29-43(49(39)44)51(46)52)50-40-26-13-12-25-38(40)48(35-21-8-3-9-22-35)53-42-27-14-15-30-45(42)55-54(50)53/h1-32H. The van der Waals surface area contributed by atoms with Gasteiger partial charge in [0.2, 0.25) is 0 Å². The van der Waals surface area contributed by atoms with E-state index in [9.17, 15) is 0 Å². The fourth-order valence-electron chi connectivity index (χ4n) is 9.65. The fraction of sp³-hybridized carbons (Fsp3) is 0. The van der Waals surface area contributed by atoms with Gasteiger partial charge in [0, 0.05) is 25.7 Å². The summed E-state index contributed by atoms with van der Waals surface area (Å²) < 4.78 is 2.66. The van der Waals surface area contributed by atoms with Crippen molar-refractivity contribution in [2.45, 2.75) is 0 Å². The van der Waals surface area contributed by atoms with Crippen LogP contribution in [0.4, 0.5) is 0 Å². The van der Waals surface area contributed by atoms with Crippen LogP contribution < -0.4 is 0 Å². The molecule has 1 aliphatic carbocycles. The summed E-state index contributed by atoms with van der Waals surface area (Å²) in [7, 11) is 0. The first-order chi connectivity index (χ1) is 27.3. The molecule has 0 saturated heterocycles. The van der Waals surface area contributed by atoms with E-state index >= 15 is 0 Å². The number of fused-ring (bicyclic) bond motifs is 8. The van der Waals surface area contributed by atoms with E-state index < -0.39 is 0 Å². The molecule has 0 amide bonds. The van der Waals surface area contributed by atoms with Crippen molar-refractivity contribution in [2.75, 3.05) is 0 Å². The van der Waals surface area contributed by atoms with Gasteiger partial charge in [0.05, 0.1) is 0 Å². The van der Waals surface area contributed by atoms with Gasteiger partial charge in [-0.2, -0.15) is 0 Å². The maximum atomic E-state index is 2.43. The summed E-state index contributed by atoms with van der Waals surface area (Å²) in [6.07, 6.45) is 0. The predicted molar refractivity (Wildman–Crippen MR) is 238 cm³/mol. The Morgan fingerprint density at radius 3 is 1.24 bits per heavy atom. The maximum Gasteiger partial charge on any atom is 0.0446 e. The number of benzene rings is 10. The van der Waals surface area contributed by atoms with Crippen molar-refractivity contribution >= 4 is 63.8 Å². The summed E-state index contributed by atoms with van der Waals surface area (Å²) in [6, 6.07) is 71.9. The van der Waals surface area contributed by atoms with Gasteiger partial charge in [-0.25, -0.2) is 0 Å². The number of hydrogen-bond acceptors (Lipinski definition) is 1. The second-order valence-corrected chi connectivity index (χ2v) is 15.7. The van der Waals surface area contributed by atoms with Crippen LogP contribution in [0.15, 0.2) is 194 Å². The first-order valence-corrected chi connectivity index (χ1v) is 19.8. The molecular weight excluding hydrogens is 681 g/mol. The third-order valence-corrected chi connectivity index (χ3v) is 13.0. The smallest absolute Gasteiger partial charge is 0.0446 e. The van der Waals surface area contributed by atoms with Crippen LogP contribution in [0.3, 0.4) is 0 Å². The van der Waals surface area contributed by atoms with Gasteiger partial charge >= 0.3 is 0 Å². The van der Waals surface area contributed by atoms with E-state index in [4.69, 9.17) is 0 Å². The third-order valence-electron chi connectivity index (χ3n) is 11.8. The minimum Gasteiger partial charge on any atom is -0.134 e. The lowest BCUT2D eigenvalue weighted by molar-refractivity contribution is 1.62.